The van der Waals surface area contributed by atoms with Crippen LogP contribution in [0.1, 0.15) is 35.2 Å². The molecule has 2 aliphatic heterocycles. The molecule has 4 rings (SSSR count). The smallest absolute Gasteiger partial charge is 0.253 e. The highest BCUT2D eigenvalue weighted by molar-refractivity contribution is 8.00. The molecule has 0 saturated carbocycles. The summed E-state index contributed by atoms with van der Waals surface area (Å²) in [5, 5.41) is 0. The average molecular weight is 425 g/mol. The standard InChI is InChI=1S/C24H28N2O3S/c1-29-21-10-8-20(9-11-21)23(28)25-15-13-24(14-16-25)26(17-18-30-24)22(27)12-7-19-5-3-2-4-6-19/h2-6,8-11H,7,12-18H2,1H3. The third-order valence-corrected chi connectivity index (χ3v) is 7.67. The summed E-state index contributed by atoms with van der Waals surface area (Å²) in [4.78, 5) is 29.7. The third-order valence-electron chi connectivity index (χ3n) is 6.12. The SMILES string of the molecule is COc1ccc(C(=O)N2CCC3(CC2)SCCN3C(=O)CCc2ccccc2)cc1. The number of benzene rings is 2. The van der Waals surface area contributed by atoms with Gasteiger partial charge < -0.3 is 14.5 Å². The van der Waals surface area contributed by atoms with Gasteiger partial charge in [-0.05, 0) is 49.1 Å². The lowest BCUT2D eigenvalue weighted by molar-refractivity contribution is -0.134. The molecule has 0 atom stereocenters. The maximum atomic E-state index is 13.0. The number of likely N-dealkylation sites (tertiary alicyclic amines) is 1. The zero-order chi connectivity index (χ0) is 21.0. The van der Waals surface area contributed by atoms with Crippen molar-refractivity contribution in [2.24, 2.45) is 0 Å². The van der Waals surface area contributed by atoms with Crippen LogP contribution in [-0.2, 0) is 11.2 Å². The number of aryl methyl sites for hydroxylation is 1. The molecule has 2 aromatic rings. The van der Waals surface area contributed by atoms with Crippen molar-refractivity contribution in [3.05, 3.63) is 65.7 Å². The van der Waals surface area contributed by atoms with Crippen molar-refractivity contribution in [3.8, 4) is 5.75 Å². The van der Waals surface area contributed by atoms with Crippen LogP contribution < -0.4 is 4.74 Å². The first-order valence-corrected chi connectivity index (χ1v) is 11.5. The molecule has 0 aromatic heterocycles. The molecule has 2 saturated heterocycles. The molecule has 0 unspecified atom stereocenters. The van der Waals surface area contributed by atoms with E-state index in [1.807, 2.05) is 59.1 Å². The molecule has 1 spiro atoms. The molecule has 2 aliphatic rings. The first kappa shape index (κ1) is 20.8. The van der Waals surface area contributed by atoms with E-state index in [-0.39, 0.29) is 16.7 Å². The van der Waals surface area contributed by atoms with E-state index >= 15 is 0 Å². The second-order valence-electron chi connectivity index (χ2n) is 7.85. The van der Waals surface area contributed by atoms with E-state index in [0.29, 0.717) is 25.1 Å². The van der Waals surface area contributed by atoms with Crippen LogP contribution in [0.5, 0.6) is 5.75 Å². The van der Waals surface area contributed by atoms with Crippen LogP contribution >= 0.6 is 11.8 Å². The molecule has 2 aromatic carbocycles. The Balaban J connectivity index is 1.36. The monoisotopic (exact) mass is 424 g/mol. The number of carbonyl (C=O) groups is 2. The van der Waals surface area contributed by atoms with E-state index in [0.717, 1.165) is 37.3 Å². The number of rotatable bonds is 5. The fraction of sp³-hybridized carbons (Fsp3) is 0.417. The van der Waals surface area contributed by atoms with Gasteiger partial charge in [0.2, 0.25) is 5.91 Å². The van der Waals surface area contributed by atoms with E-state index in [1.54, 1.807) is 7.11 Å². The number of nitrogens with zero attached hydrogens (tertiary/aromatic N) is 2. The maximum Gasteiger partial charge on any atom is 0.253 e. The number of ether oxygens (including phenoxy) is 1. The van der Waals surface area contributed by atoms with E-state index in [2.05, 4.69) is 17.0 Å². The fourth-order valence-corrected chi connectivity index (χ4v) is 5.86. The number of hydrogen-bond acceptors (Lipinski definition) is 4. The predicted octanol–water partition coefficient (Wildman–Crippen LogP) is 3.84. The van der Waals surface area contributed by atoms with Gasteiger partial charge in [-0.25, -0.2) is 0 Å². The van der Waals surface area contributed by atoms with Gasteiger partial charge in [-0.15, -0.1) is 11.8 Å². The zero-order valence-corrected chi connectivity index (χ0v) is 18.2. The maximum absolute atomic E-state index is 13.0. The van der Waals surface area contributed by atoms with E-state index in [9.17, 15) is 9.59 Å². The molecule has 0 radical (unpaired) electrons. The van der Waals surface area contributed by atoms with E-state index in [1.165, 1.54) is 5.56 Å². The normalized spacial score (nSPS) is 17.9. The molecular formula is C24H28N2O3S. The third kappa shape index (κ3) is 4.33. The Morgan fingerprint density at radius 2 is 1.70 bits per heavy atom. The number of amides is 2. The van der Waals surface area contributed by atoms with Crippen LogP contribution in [-0.4, -0.2) is 59.0 Å². The Morgan fingerprint density at radius 3 is 2.37 bits per heavy atom. The van der Waals surface area contributed by atoms with Crippen LogP contribution in [0.3, 0.4) is 0 Å². The number of hydrogen-bond donors (Lipinski definition) is 0. The molecule has 2 fully saturated rings. The summed E-state index contributed by atoms with van der Waals surface area (Å²) >= 11 is 1.89. The Labute approximate surface area is 182 Å². The van der Waals surface area contributed by atoms with Gasteiger partial charge in [0.15, 0.2) is 0 Å². The Hall–Kier alpha value is -2.47. The van der Waals surface area contributed by atoms with Crippen molar-refractivity contribution in [1.29, 1.82) is 0 Å². The van der Waals surface area contributed by atoms with Gasteiger partial charge in [-0.2, -0.15) is 0 Å². The van der Waals surface area contributed by atoms with Crippen LogP contribution in [0.15, 0.2) is 54.6 Å². The summed E-state index contributed by atoms with van der Waals surface area (Å²) in [6, 6.07) is 17.4. The molecule has 0 N–H and O–H groups in total. The van der Waals surface area contributed by atoms with E-state index < -0.39 is 0 Å². The highest BCUT2D eigenvalue weighted by Gasteiger charge is 2.46. The topological polar surface area (TPSA) is 49.9 Å². The molecule has 6 heteroatoms. The predicted molar refractivity (Wildman–Crippen MR) is 120 cm³/mol. The molecular weight excluding hydrogens is 396 g/mol. The van der Waals surface area contributed by atoms with Crippen molar-refractivity contribution < 1.29 is 14.3 Å². The first-order valence-electron chi connectivity index (χ1n) is 10.5. The lowest BCUT2D eigenvalue weighted by atomic mass is 10.00. The lowest BCUT2D eigenvalue weighted by Crippen LogP contribution is -2.53. The minimum atomic E-state index is -0.148. The quantitative estimate of drug-likeness (QED) is 0.732. The van der Waals surface area contributed by atoms with Crippen molar-refractivity contribution in [2.45, 2.75) is 30.6 Å². The van der Waals surface area contributed by atoms with Crippen LogP contribution in [0.25, 0.3) is 0 Å². The zero-order valence-electron chi connectivity index (χ0n) is 17.4. The summed E-state index contributed by atoms with van der Waals surface area (Å²) in [6.45, 7) is 2.17. The summed E-state index contributed by atoms with van der Waals surface area (Å²) < 4.78 is 5.17. The van der Waals surface area contributed by atoms with Crippen molar-refractivity contribution in [1.82, 2.24) is 9.80 Å². The molecule has 2 heterocycles. The molecule has 0 aliphatic carbocycles. The number of piperidine rings is 1. The second kappa shape index (κ2) is 9.13. The summed E-state index contributed by atoms with van der Waals surface area (Å²) in [7, 11) is 1.62. The largest absolute Gasteiger partial charge is 0.497 e. The van der Waals surface area contributed by atoms with Gasteiger partial charge >= 0.3 is 0 Å². The van der Waals surface area contributed by atoms with Crippen LogP contribution in [0.2, 0.25) is 0 Å². The number of carbonyl (C=O) groups excluding carboxylic acids is 2. The van der Waals surface area contributed by atoms with Gasteiger partial charge in [0.05, 0.1) is 12.0 Å². The Morgan fingerprint density at radius 1 is 1.00 bits per heavy atom. The molecule has 2 amide bonds. The first-order chi connectivity index (χ1) is 14.6. The van der Waals surface area contributed by atoms with Gasteiger partial charge in [-0.3, -0.25) is 9.59 Å². The molecule has 158 valence electrons. The Bertz CT molecular complexity index is 877. The summed E-state index contributed by atoms with van der Waals surface area (Å²) in [5.74, 6) is 2.01. The molecule has 0 bridgehead atoms. The highest BCUT2D eigenvalue weighted by Crippen LogP contribution is 2.44. The van der Waals surface area contributed by atoms with Crippen molar-refractivity contribution in [3.63, 3.8) is 0 Å². The van der Waals surface area contributed by atoms with Gasteiger partial charge in [-0.1, -0.05) is 30.3 Å². The van der Waals surface area contributed by atoms with Gasteiger partial charge in [0.1, 0.15) is 5.75 Å². The molecule has 5 nitrogen and oxygen atoms in total. The van der Waals surface area contributed by atoms with Crippen LogP contribution in [0, 0.1) is 0 Å². The highest BCUT2D eigenvalue weighted by atomic mass is 32.2. The van der Waals surface area contributed by atoms with Gasteiger partial charge in [0.25, 0.3) is 5.91 Å². The minimum absolute atomic E-state index is 0.0532. The second-order valence-corrected chi connectivity index (χ2v) is 9.30. The number of methoxy groups -OCH3 is 1. The fourth-order valence-electron chi connectivity index (χ4n) is 4.38. The minimum Gasteiger partial charge on any atom is -0.497 e. The van der Waals surface area contributed by atoms with E-state index in [4.69, 9.17) is 4.74 Å². The summed E-state index contributed by atoms with van der Waals surface area (Å²) in [5.41, 5.74) is 1.88. The summed E-state index contributed by atoms with van der Waals surface area (Å²) in [6.07, 6.45) is 2.98. The lowest BCUT2D eigenvalue weighted by Gasteiger charge is -2.44. The van der Waals surface area contributed by atoms with Gasteiger partial charge in [0, 0.05) is 37.4 Å². The average Bonchev–Trinajstić information content (AvgIpc) is 3.21. The number of thioether (sulfide) groups is 1. The van der Waals surface area contributed by atoms with Crippen LogP contribution in [0.4, 0.5) is 0 Å². The molecule has 30 heavy (non-hydrogen) atoms. The Kier molecular flexibility index (Phi) is 6.32. The van der Waals surface area contributed by atoms with Crippen molar-refractivity contribution in [2.75, 3.05) is 32.5 Å². The van der Waals surface area contributed by atoms with Crippen molar-refractivity contribution >= 4 is 23.6 Å².